The van der Waals surface area contributed by atoms with Crippen LogP contribution in [0.25, 0.3) is 0 Å². The molecule has 1 amide bonds. The minimum absolute atomic E-state index is 0.442. The van der Waals surface area contributed by atoms with E-state index < -0.39 is 37.7 Å². The van der Waals surface area contributed by atoms with Crippen LogP contribution in [0.15, 0.2) is 23.1 Å². The van der Waals surface area contributed by atoms with Gasteiger partial charge in [0.05, 0.1) is 5.25 Å². The first-order chi connectivity index (χ1) is 8.27. The third-order valence-electron chi connectivity index (χ3n) is 2.14. The van der Waals surface area contributed by atoms with Gasteiger partial charge in [0, 0.05) is 6.07 Å². The Balaban J connectivity index is 3.04. The van der Waals surface area contributed by atoms with Crippen LogP contribution in [-0.4, -0.2) is 25.8 Å². The Morgan fingerprint density at radius 1 is 1.39 bits per heavy atom. The van der Waals surface area contributed by atoms with E-state index in [-0.39, 0.29) is 0 Å². The van der Waals surface area contributed by atoms with Crippen molar-refractivity contribution in [1.29, 1.82) is 0 Å². The van der Waals surface area contributed by atoms with Gasteiger partial charge in [-0.25, -0.2) is 21.9 Å². The molecule has 0 unspecified atom stereocenters. The molecule has 1 aromatic carbocycles. The monoisotopic (exact) mass is 295 g/mol. The lowest BCUT2D eigenvalue weighted by atomic mass is 10.3. The van der Waals surface area contributed by atoms with Crippen LogP contribution >= 0.6 is 11.8 Å². The molecule has 1 N–H and O–H groups in total. The maximum absolute atomic E-state index is 13.3. The van der Waals surface area contributed by atoms with Gasteiger partial charge in [0.2, 0.25) is 5.91 Å². The highest BCUT2D eigenvalue weighted by molar-refractivity contribution is 8.00. The average molecular weight is 295 g/mol. The van der Waals surface area contributed by atoms with E-state index in [1.165, 1.54) is 6.92 Å². The molecule has 0 aliphatic carbocycles. The van der Waals surface area contributed by atoms with E-state index >= 15 is 0 Å². The van der Waals surface area contributed by atoms with E-state index in [2.05, 4.69) is 0 Å². The van der Waals surface area contributed by atoms with Crippen molar-refractivity contribution in [3.05, 3.63) is 29.8 Å². The highest BCUT2D eigenvalue weighted by atomic mass is 32.2. The maximum Gasteiger partial charge on any atom is 0.267 e. The first kappa shape index (κ1) is 14.9. The minimum Gasteiger partial charge on any atom is -0.273 e. The van der Waals surface area contributed by atoms with Crippen LogP contribution in [0.5, 0.6) is 0 Å². The first-order valence-corrected chi connectivity index (χ1v) is 7.59. The van der Waals surface area contributed by atoms with Crippen molar-refractivity contribution in [1.82, 2.24) is 4.72 Å². The lowest BCUT2D eigenvalue weighted by Crippen LogP contribution is -2.36. The van der Waals surface area contributed by atoms with Crippen molar-refractivity contribution in [2.75, 3.05) is 6.26 Å². The molecule has 8 heteroatoms. The zero-order valence-corrected chi connectivity index (χ0v) is 11.2. The predicted molar refractivity (Wildman–Crippen MR) is 64.7 cm³/mol. The van der Waals surface area contributed by atoms with Crippen LogP contribution in [-0.2, 0) is 14.8 Å². The molecule has 0 fully saturated rings. The van der Waals surface area contributed by atoms with Gasteiger partial charge in [0.25, 0.3) is 10.0 Å². The van der Waals surface area contributed by atoms with E-state index in [9.17, 15) is 22.0 Å². The van der Waals surface area contributed by atoms with Gasteiger partial charge in [-0.2, -0.15) is 11.8 Å². The summed E-state index contributed by atoms with van der Waals surface area (Å²) in [5, 5.41) is -0.594. The van der Waals surface area contributed by atoms with Gasteiger partial charge in [-0.3, -0.25) is 4.79 Å². The largest absolute Gasteiger partial charge is 0.273 e. The van der Waals surface area contributed by atoms with Crippen molar-refractivity contribution in [2.24, 2.45) is 0 Å². The summed E-state index contributed by atoms with van der Waals surface area (Å²) in [5.74, 6) is -2.89. The highest BCUT2D eigenvalue weighted by Crippen LogP contribution is 2.16. The molecular weight excluding hydrogens is 284 g/mol. The molecule has 0 aliphatic rings. The molecule has 0 bridgehead atoms. The van der Waals surface area contributed by atoms with Gasteiger partial charge in [-0.05, 0) is 25.3 Å². The smallest absolute Gasteiger partial charge is 0.267 e. The lowest BCUT2D eigenvalue weighted by molar-refractivity contribution is -0.118. The molecule has 1 rings (SSSR count). The van der Waals surface area contributed by atoms with Gasteiger partial charge in [-0.1, -0.05) is 0 Å². The van der Waals surface area contributed by atoms with Gasteiger partial charge in [0.15, 0.2) is 0 Å². The number of carbonyl (C=O) groups excluding carboxylic acids is 1. The number of carbonyl (C=O) groups is 1. The second-order valence-electron chi connectivity index (χ2n) is 3.42. The van der Waals surface area contributed by atoms with E-state index in [1.807, 2.05) is 0 Å². The molecule has 0 aliphatic heterocycles. The van der Waals surface area contributed by atoms with Crippen molar-refractivity contribution in [2.45, 2.75) is 17.1 Å². The third-order valence-corrected chi connectivity index (χ3v) is 4.44. The topological polar surface area (TPSA) is 63.2 Å². The fourth-order valence-electron chi connectivity index (χ4n) is 1.07. The second-order valence-corrected chi connectivity index (χ2v) is 6.25. The summed E-state index contributed by atoms with van der Waals surface area (Å²) in [7, 11) is -4.32. The molecule has 0 saturated carbocycles. The number of hydrogen-bond donors (Lipinski definition) is 1. The summed E-state index contributed by atoms with van der Waals surface area (Å²) >= 11 is 1.15. The Morgan fingerprint density at radius 2 is 2.00 bits per heavy atom. The molecule has 18 heavy (non-hydrogen) atoms. The van der Waals surface area contributed by atoms with Gasteiger partial charge >= 0.3 is 0 Å². The van der Waals surface area contributed by atoms with Crippen LogP contribution in [0.4, 0.5) is 8.78 Å². The summed E-state index contributed by atoms with van der Waals surface area (Å²) < 4.78 is 51.1. The number of sulfonamides is 1. The third kappa shape index (κ3) is 3.42. The molecule has 0 saturated heterocycles. The predicted octanol–water partition coefficient (Wildman–Crippen LogP) is 1.52. The Morgan fingerprint density at radius 3 is 2.50 bits per heavy atom. The fourth-order valence-corrected chi connectivity index (χ4v) is 2.53. The number of halogens is 2. The van der Waals surface area contributed by atoms with Gasteiger partial charge < -0.3 is 0 Å². The van der Waals surface area contributed by atoms with E-state index in [0.717, 1.165) is 23.9 Å². The second kappa shape index (κ2) is 5.66. The molecule has 100 valence electrons. The molecule has 0 aromatic heterocycles. The summed E-state index contributed by atoms with van der Waals surface area (Å²) in [5.41, 5.74) is 0. The molecule has 1 atom stereocenters. The van der Waals surface area contributed by atoms with Crippen LogP contribution in [0.1, 0.15) is 6.92 Å². The maximum atomic E-state index is 13.3. The van der Waals surface area contributed by atoms with Crippen LogP contribution in [0.3, 0.4) is 0 Å². The molecule has 0 radical (unpaired) electrons. The Labute approximate surface area is 108 Å². The zero-order chi connectivity index (χ0) is 13.9. The molecule has 1 aromatic rings. The van der Waals surface area contributed by atoms with E-state index in [1.54, 1.807) is 11.0 Å². The Kier molecular flexibility index (Phi) is 4.69. The van der Waals surface area contributed by atoms with Gasteiger partial charge in [0.1, 0.15) is 16.5 Å². The number of benzene rings is 1. The number of hydrogen-bond acceptors (Lipinski definition) is 4. The first-order valence-electron chi connectivity index (χ1n) is 4.82. The minimum atomic E-state index is -4.32. The number of amides is 1. The highest BCUT2D eigenvalue weighted by Gasteiger charge is 2.24. The van der Waals surface area contributed by atoms with Crippen molar-refractivity contribution < 1.29 is 22.0 Å². The lowest BCUT2D eigenvalue weighted by Gasteiger charge is -2.10. The van der Waals surface area contributed by atoms with Crippen LogP contribution < -0.4 is 4.72 Å². The molecule has 4 nitrogen and oxygen atoms in total. The molecular formula is C10H11F2NO3S2. The standard InChI is InChI=1S/C10H11F2NO3S2/c1-6(17-2)10(14)13-18(15,16)9-4-3-7(11)5-8(9)12/h3-6H,1-2H3,(H,13,14)/t6-/m0/s1. The van der Waals surface area contributed by atoms with Crippen LogP contribution in [0.2, 0.25) is 0 Å². The summed E-state index contributed by atoms with van der Waals surface area (Å²) in [6, 6.07) is 2.02. The summed E-state index contributed by atoms with van der Waals surface area (Å²) in [4.78, 5) is 10.7. The Hall–Kier alpha value is -1.15. The normalized spacial score (nSPS) is 13.1. The number of nitrogens with one attached hydrogen (secondary N) is 1. The molecule has 0 spiro atoms. The van der Waals surface area contributed by atoms with E-state index in [4.69, 9.17) is 0 Å². The number of thioether (sulfide) groups is 1. The average Bonchev–Trinajstić information content (AvgIpc) is 2.26. The van der Waals surface area contributed by atoms with Gasteiger partial charge in [-0.15, -0.1) is 0 Å². The fraction of sp³-hybridized carbons (Fsp3) is 0.300. The number of rotatable bonds is 4. The molecule has 0 heterocycles. The summed E-state index contributed by atoms with van der Waals surface area (Å²) in [6.45, 7) is 1.51. The van der Waals surface area contributed by atoms with Crippen molar-refractivity contribution in [3.8, 4) is 0 Å². The summed E-state index contributed by atoms with van der Waals surface area (Å²) in [6.07, 6.45) is 1.63. The Bertz CT molecular complexity index is 560. The van der Waals surface area contributed by atoms with Crippen LogP contribution in [0, 0.1) is 11.6 Å². The van der Waals surface area contributed by atoms with Crippen molar-refractivity contribution in [3.63, 3.8) is 0 Å². The quantitative estimate of drug-likeness (QED) is 0.915. The zero-order valence-electron chi connectivity index (χ0n) is 9.61. The van der Waals surface area contributed by atoms with Crippen molar-refractivity contribution >= 4 is 27.7 Å². The SMILES string of the molecule is CS[C@@H](C)C(=O)NS(=O)(=O)c1ccc(F)cc1F. The van der Waals surface area contributed by atoms with E-state index in [0.29, 0.717) is 6.07 Å².